The number of amides is 2. The number of aryl methyl sites for hydroxylation is 2. The second-order valence-corrected chi connectivity index (χ2v) is 6.94. The molecule has 2 amide bonds. The van der Waals surface area contributed by atoms with Gasteiger partial charge in [0.1, 0.15) is 11.5 Å². The number of furan rings is 1. The lowest BCUT2D eigenvalue weighted by molar-refractivity contribution is -0.127. The summed E-state index contributed by atoms with van der Waals surface area (Å²) in [6, 6.07) is 11.6. The lowest BCUT2D eigenvalue weighted by Gasteiger charge is -2.33. The van der Waals surface area contributed by atoms with Gasteiger partial charge in [-0.05, 0) is 43.2 Å². The SMILES string of the molecule is CCc1ccccc1NC(=O)CN1CCN(C(=O)/C=C/c2ccc(C)o2)CC1. The molecule has 2 aromatic rings. The summed E-state index contributed by atoms with van der Waals surface area (Å²) >= 11 is 0. The Kier molecular flexibility index (Phi) is 6.66. The maximum Gasteiger partial charge on any atom is 0.246 e. The van der Waals surface area contributed by atoms with Crippen molar-refractivity contribution in [3.8, 4) is 0 Å². The fraction of sp³-hybridized carbons (Fsp3) is 0.364. The Hall–Kier alpha value is -2.86. The monoisotopic (exact) mass is 381 g/mol. The molecule has 1 aromatic carbocycles. The van der Waals surface area contributed by atoms with Gasteiger partial charge in [-0.1, -0.05) is 25.1 Å². The number of nitrogens with zero attached hydrogens (tertiary/aromatic N) is 2. The molecule has 1 fully saturated rings. The molecule has 6 heteroatoms. The van der Waals surface area contributed by atoms with E-state index in [0.29, 0.717) is 38.5 Å². The highest BCUT2D eigenvalue weighted by Gasteiger charge is 2.21. The van der Waals surface area contributed by atoms with Gasteiger partial charge >= 0.3 is 0 Å². The Morgan fingerprint density at radius 1 is 1.11 bits per heavy atom. The minimum absolute atomic E-state index is 0.0197. The number of benzene rings is 1. The van der Waals surface area contributed by atoms with Gasteiger partial charge in [-0.25, -0.2) is 0 Å². The molecule has 1 saturated heterocycles. The Morgan fingerprint density at radius 2 is 1.86 bits per heavy atom. The van der Waals surface area contributed by atoms with Crippen molar-refractivity contribution in [2.45, 2.75) is 20.3 Å². The standard InChI is InChI=1S/C22H27N3O3/c1-3-18-6-4-5-7-20(18)23-21(26)16-24-12-14-25(15-13-24)22(27)11-10-19-9-8-17(2)28-19/h4-11H,3,12-16H2,1-2H3,(H,23,26)/b11-10+. The number of nitrogens with one attached hydrogen (secondary N) is 1. The van der Waals surface area contributed by atoms with Crippen LogP contribution in [-0.2, 0) is 16.0 Å². The molecule has 28 heavy (non-hydrogen) atoms. The van der Waals surface area contributed by atoms with E-state index in [4.69, 9.17) is 4.42 Å². The summed E-state index contributed by atoms with van der Waals surface area (Å²) in [6.45, 7) is 6.86. The van der Waals surface area contributed by atoms with E-state index in [-0.39, 0.29) is 11.8 Å². The Labute approximate surface area is 165 Å². The predicted molar refractivity (Wildman–Crippen MR) is 110 cm³/mol. The topological polar surface area (TPSA) is 65.8 Å². The van der Waals surface area contributed by atoms with E-state index in [1.165, 1.54) is 0 Å². The Bertz CT molecular complexity index is 848. The van der Waals surface area contributed by atoms with Crippen molar-refractivity contribution in [2.75, 3.05) is 38.0 Å². The third-order valence-electron chi connectivity index (χ3n) is 4.87. The summed E-state index contributed by atoms with van der Waals surface area (Å²) in [5, 5.41) is 3.00. The van der Waals surface area contributed by atoms with Gasteiger partial charge in [-0.15, -0.1) is 0 Å². The van der Waals surface area contributed by atoms with Crippen molar-refractivity contribution in [2.24, 2.45) is 0 Å². The fourth-order valence-corrected chi connectivity index (χ4v) is 3.27. The Morgan fingerprint density at radius 3 is 2.54 bits per heavy atom. The summed E-state index contributed by atoms with van der Waals surface area (Å²) in [6.07, 6.45) is 4.12. The third-order valence-corrected chi connectivity index (χ3v) is 4.87. The van der Waals surface area contributed by atoms with Gasteiger partial charge in [0.2, 0.25) is 11.8 Å². The van der Waals surface area contributed by atoms with Crippen LogP contribution in [0.5, 0.6) is 0 Å². The molecule has 0 saturated carbocycles. The summed E-state index contributed by atoms with van der Waals surface area (Å²) in [5.41, 5.74) is 2.01. The van der Waals surface area contributed by atoms with Crippen molar-refractivity contribution in [3.05, 3.63) is 59.6 Å². The highest BCUT2D eigenvalue weighted by atomic mass is 16.3. The third kappa shape index (κ3) is 5.33. The van der Waals surface area contributed by atoms with Gasteiger partial charge < -0.3 is 14.6 Å². The van der Waals surface area contributed by atoms with E-state index in [0.717, 1.165) is 23.4 Å². The maximum absolute atomic E-state index is 12.4. The molecule has 1 aromatic heterocycles. The molecule has 1 N–H and O–H groups in total. The fourth-order valence-electron chi connectivity index (χ4n) is 3.27. The van der Waals surface area contributed by atoms with Crippen molar-refractivity contribution in [1.82, 2.24) is 9.80 Å². The molecule has 0 aliphatic carbocycles. The lowest BCUT2D eigenvalue weighted by atomic mass is 10.1. The van der Waals surface area contributed by atoms with Gasteiger partial charge in [0.05, 0.1) is 6.54 Å². The van der Waals surface area contributed by atoms with E-state index in [9.17, 15) is 9.59 Å². The summed E-state index contributed by atoms with van der Waals surface area (Å²) in [5.74, 6) is 1.44. The number of carbonyl (C=O) groups excluding carboxylic acids is 2. The van der Waals surface area contributed by atoms with Crippen molar-refractivity contribution in [1.29, 1.82) is 0 Å². The van der Waals surface area contributed by atoms with Crippen LogP contribution in [-0.4, -0.2) is 54.3 Å². The second-order valence-electron chi connectivity index (χ2n) is 6.94. The molecule has 0 atom stereocenters. The number of anilines is 1. The van der Waals surface area contributed by atoms with Crippen LogP contribution in [0.3, 0.4) is 0 Å². The first-order chi connectivity index (χ1) is 13.5. The first kappa shape index (κ1) is 19.9. The van der Waals surface area contributed by atoms with E-state index < -0.39 is 0 Å². The smallest absolute Gasteiger partial charge is 0.246 e. The number of carbonyl (C=O) groups is 2. The van der Waals surface area contributed by atoms with Gasteiger partial charge in [0, 0.05) is 37.9 Å². The van der Waals surface area contributed by atoms with Crippen LogP contribution in [0.15, 0.2) is 46.9 Å². The van der Waals surface area contributed by atoms with Crippen LogP contribution in [0.1, 0.15) is 24.0 Å². The summed E-state index contributed by atoms with van der Waals surface area (Å²) in [7, 11) is 0. The molecule has 148 valence electrons. The molecule has 0 unspecified atom stereocenters. The minimum Gasteiger partial charge on any atom is -0.462 e. The molecule has 0 radical (unpaired) electrons. The zero-order valence-corrected chi connectivity index (χ0v) is 16.5. The van der Waals surface area contributed by atoms with Crippen molar-refractivity contribution >= 4 is 23.6 Å². The minimum atomic E-state index is -0.0324. The number of para-hydroxylation sites is 1. The highest BCUT2D eigenvalue weighted by molar-refractivity contribution is 5.93. The highest BCUT2D eigenvalue weighted by Crippen LogP contribution is 2.15. The summed E-state index contributed by atoms with van der Waals surface area (Å²) in [4.78, 5) is 28.6. The molecular formula is C22H27N3O3. The van der Waals surface area contributed by atoms with Gasteiger partial charge in [0.15, 0.2) is 0 Å². The second kappa shape index (κ2) is 9.37. The van der Waals surface area contributed by atoms with Crippen LogP contribution in [0, 0.1) is 6.92 Å². The van der Waals surface area contributed by atoms with E-state index >= 15 is 0 Å². The molecule has 1 aliphatic rings. The first-order valence-electron chi connectivity index (χ1n) is 9.68. The van der Waals surface area contributed by atoms with Crippen LogP contribution >= 0.6 is 0 Å². The van der Waals surface area contributed by atoms with Crippen molar-refractivity contribution in [3.63, 3.8) is 0 Å². The van der Waals surface area contributed by atoms with Crippen LogP contribution in [0.4, 0.5) is 5.69 Å². The number of rotatable bonds is 6. The van der Waals surface area contributed by atoms with Crippen LogP contribution < -0.4 is 5.32 Å². The zero-order valence-electron chi connectivity index (χ0n) is 16.5. The normalized spacial score (nSPS) is 15.1. The average Bonchev–Trinajstić information content (AvgIpc) is 3.12. The molecule has 0 bridgehead atoms. The molecule has 0 spiro atoms. The van der Waals surface area contributed by atoms with Crippen LogP contribution in [0.2, 0.25) is 0 Å². The number of piperazine rings is 1. The molecule has 1 aliphatic heterocycles. The number of hydrogen-bond donors (Lipinski definition) is 1. The van der Waals surface area contributed by atoms with E-state index in [1.807, 2.05) is 43.3 Å². The zero-order chi connectivity index (χ0) is 19.9. The summed E-state index contributed by atoms with van der Waals surface area (Å²) < 4.78 is 5.44. The predicted octanol–water partition coefficient (Wildman–Crippen LogP) is 2.95. The molecular weight excluding hydrogens is 354 g/mol. The van der Waals surface area contributed by atoms with E-state index in [1.54, 1.807) is 17.1 Å². The first-order valence-corrected chi connectivity index (χ1v) is 9.68. The molecule has 3 rings (SSSR count). The molecule has 2 heterocycles. The average molecular weight is 381 g/mol. The van der Waals surface area contributed by atoms with E-state index in [2.05, 4.69) is 17.1 Å². The van der Waals surface area contributed by atoms with Crippen molar-refractivity contribution < 1.29 is 14.0 Å². The van der Waals surface area contributed by atoms with Crippen LogP contribution in [0.25, 0.3) is 6.08 Å². The molecule has 6 nitrogen and oxygen atoms in total. The number of hydrogen-bond acceptors (Lipinski definition) is 4. The largest absolute Gasteiger partial charge is 0.462 e. The van der Waals surface area contributed by atoms with Gasteiger partial charge in [-0.2, -0.15) is 0 Å². The van der Waals surface area contributed by atoms with Gasteiger partial charge in [0.25, 0.3) is 0 Å². The maximum atomic E-state index is 12.4. The Balaban J connectivity index is 1.45. The van der Waals surface area contributed by atoms with Gasteiger partial charge in [-0.3, -0.25) is 14.5 Å². The lowest BCUT2D eigenvalue weighted by Crippen LogP contribution is -2.50. The quantitative estimate of drug-likeness (QED) is 0.782.